The summed E-state index contributed by atoms with van der Waals surface area (Å²) in [6.07, 6.45) is -1.54. The second kappa shape index (κ2) is 8.90. The summed E-state index contributed by atoms with van der Waals surface area (Å²) in [6, 6.07) is 12.8. The topological polar surface area (TPSA) is 96.0 Å². The Morgan fingerprint density at radius 1 is 1.03 bits per heavy atom. The number of pyridine rings is 1. The molecular formula is C21H14F3N5O3S. The van der Waals surface area contributed by atoms with Crippen molar-refractivity contribution < 1.29 is 22.8 Å². The number of nitro benzene ring substituents is 1. The Morgan fingerprint density at radius 2 is 1.73 bits per heavy atom. The third kappa shape index (κ3) is 4.65. The number of hydrogen-bond acceptors (Lipinski definition) is 7. The number of nitro groups is 1. The predicted molar refractivity (Wildman–Crippen MR) is 113 cm³/mol. The summed E-state index contributed by atoms with van der Waals surface area (Å²) < 4.78 is 46.0. The first-order valence-electron chi connectivity index (χ1n) is 9.31. The summed E-state index contributed by atoms with van der Waals surface area (Å²) in [4.78, 5) is 14.6. The number of rotatable bonds is 6. The maximum atomic E-state index is 13.1. The number of nitrogens with zero attached hydrogens (tertiary/aromatic N) is 5. The van der Waals surface area contributed by atoms with Crippen LogP contribution in [0.4, 0.5) is 18.9 Å². The lowest BCUT2D eigenvalue weighted by atomic mass is 10.2. The number of hydrogen-bond donors (Lipinski definition) is 0. The highest BCUT2D eigenvalue weighted by molar-refractivity contribution is 7.99. The minimum Gasteiger partial charge on any atom is -0.497 e. The average Bonchev–Trinajstić information content (AvgIpc) is 3.22. The molecule has 0 N–H and O–H groups in total. The van der Waals surface area contributed by atoms with E-state index in [0.29, 0.717) is 28.9 Å². The molecule has 8 nitrogen and oxygen atoms in total. The van der Waals surface area contributed by atoms with E-state index >= 15 is 0 Å². The molecule has 0 aliphatic heterocycles. The van der Waals surface area contributed by atoms with Gasteiger partial charge in [-0.15, -0.1) is 10.2 Å². The number of aromatic nitrogens is 4. The van der Waals surface area contributed by atoms with Gasteiger partial charge in [-0.1, -0.05) is 0 Å². The second-order valence-corrected chi connectivity index (χ2v) is 7.62. The predicted octanol–water partition coefficient (Wildman–Crippen LogP) is 5.42. The molecular weight excluding hydrogens is 459 g/mol. The number of benzene rings is 2. The fraction of sp³-hybridized carbons (Fsp3) is 0.0952. The second-order valence-electron chi connectivity index (χ2n) is 6.61. The largest absolute Gasteiger partial charge is 0.497 e. The van der Waals surface area contributed by atoms with Gasteiger partial charge >= 0.3 is 6.18 Å². The van der Waals surface area contributed by atoms with Crippen LogP contribution < -0.4 is 4.74 Å². The van der Waals surface area contributed by atoms with Crippen molar-refractivity contribution >= 4 is 17.4 Å². The van der Waals surface area contributed by atoms with E-state index in [0.717, 1.165) is 23.9 Å². The lowest BCUT2D eigenvalue weighted by Gasteiger charge is -2.12. The number of halogens is 3. The van der Waals surface area contributed by atoms with Crippen molar-refractivity contribution in [3.8, 4) is 22.8 Å². The van der Waals surface area contributed by atoms with Crippen LogP contribution in [0.1, 0.15) is 5.56 Å². The van der Waals surface area contributed by atoms with Gasteiger partial charge in [-0.3, -0.25) is 19.7 Å². The van der Waals surface area contributed by atoms with Gasteiger partial charge in [0.1, 0.15) is 5.75 Å². The zero-order valence-corrected chi connectivity index (χ0v) is 17.7. The van der Waals surface area contributed by atoms with Crippen LogP contribution in [-0.4, -0.2) is 31.8 Å². The van der Waals surface area contributed by atoms with Crippen molar-refractivity contribution in [3.05, 3.63) is 82.7 Å². The molecule has 0 radical (unpaired) electrons. The minimum atomic E-state index is -4.70. The highest BCUT2D eigenvalue weighted by Gasteiger charge is 2.33. The highest BCUT2D eigenvalue weighted by atomic mass is 32.2. The van der Waals surface area contributed by atoms with Gasteiger partial charge in [0, 0.05) is 24.0 Å². The molecule has 0 saturated heterocycles. The lowest BCUT2D eigenvalue weighted by molar-refractivity contribution is -0.388. The van der Waals surface area contributed by atoms with E-state index in [-0.39, 0.29) is 10.1 Å². The summed E-state index contributed by atoms with van der Waals surface area (Å²) in [5.74, 6) is 1.05. The molecule has 0 atom stereocenters. The molecule has 2 aromatic carbocycles. The third-order valence-electron chi connectivity index (χ3n) is 4.59. The summed E-state index contributed by atoms with van der Waals surface area (Å²) in [6.45, 7) is 0. The molecule has 168 valence electrons. The summed E-state index contributed by atoms with van der Waals surface area (Å²) in [7, 11) is 1.53. The maximum Gasteiger partial charge on any atom is 0.416 e. The van der Waals surface area contributed by atoms with E-state index < -0.39 is 22.4 Å². The van der Waals surface area contributed by atoms with Crippen LogP contribution >= 0.6 is 11.8 Å². The fourth-order valence-corrected chi connectivity index (χ4v) is 3.94. The fourth-order valence-electron chi connectivity index (χ4n) is 3.01. The molecule has 4 rings (SSSR count). The Kier molecular flexibility index (Phi) is 6.01. The van der Waals surface area contributed by atoms with Crippen molar-refractivity contribution in [1.82, 2.24) is 19.7 Å². The number of methoxy groups -OCH3 is 1. The smallest absolute Gasteiger partial charge is 0.416 e. The van der Waals surface area contributed by atoms with Gasteiger partial charge in [-0.05, 0) is 60.3 Å². The van der Waals surface area contributed by atoms with Gasteiger partial charge in [0.25, 0.3) is 5.69 Å². The van der Waals surface area contributed by atoms with E-state index in [9.17, 15) is 23.3 Å². The molecule has 0 unspecified atom stereocenters. The van der Waals surface area contributed by atoms with E-state index in [1.165, 1.54) is 7.11 Å². The number of ether oxygens (including phenoxy) is 1. The minimum absolute atomic E-state index is 0.00330. The Labute approximate surface area is 189 Å². The Morgan fingerprint density at radius 3 is 2.33 bits per heavy atom. The Bertz CT molecular complexity index is 1300. The summed E-state index contributed by atoms with van der Waals surface area (Å²) in [5, 5.41) is 20.1. The third-order valence-corrected chi connectivity index (χ3v) is 5.60. The van der Waals surface area contributed by atoms with Gasteiger partial charge in [0.2, 0.25) is 5.16 Å². The molecule has 0 amide bonds. The SMILES string of the molecule is COc1ccc(-n2c(Sc3ccc(C(F)(F)F)cc3[N+](=O)[O-])nnc2-c2ccncc2)cc1. The van der Waals surface area contributed by atoms with Crippen LogP contribution in [0.3, 0.4) is 0 Å². The van der Waals surface area contributed by atoms with Gasteiger partial charge in [0.05, 0.1) is 28.2 Å². The Balaban J connectivity index is 1.83. The van der Waals surface area contributed by atoms with Crippen LogP contribution in [0.2, 0.25) is 0 Å². The first kappa shape index (κ1) is 22.3. The summed E-state index contributed by atoms with van der Waals surface area (Å²) >= 11 is 0.842. The van der Waals surface area contributed by atoms with E-state index in [1.807, 2.05) is 0 Å². The lowest BCUT2D eigenvalue weighted by Crippen LogP contribution is -2.06. The normalized spacial score (nSPS) is 11.4. The molecule has 0 saturated carbocycles. The molecule has 0 spiro atoms. The molecule has 0 aliphatic rings. The average molecular weight is 473 g/mol. The van der Waals surface area contributed by atoms with Crippen molar-refractivity contribution in [2.75, 3.05) is 7.11 Å². The molecule has 12 heteroatoms. The van der Waals surface area contributed by atoms with Crippen LogP contribution in [0.15, 0.2) is 77.0 Å². The molecule has 0 fully saturated rings. The number of alkyl halides is 3. The molecule has 0 bridgehead atoms. The van der Waals surface area contributed by atoms with Gasteiger partial charge < -0.3 is 4.74 Å². The first-order valence-corrected chi connectivity index (χ1v) is 10.1. The molecule has 4 aromatic rings. The zero-order chi connectivity index (χ0) is 23.6. The standard InChI is InChI=1S/C21H14F3N5O3S/c1-32-16-5-3-15(4-6-16)28-19(13-8-10-25-11-9-13)26-27-20(28)33-18-7-2-14(21(22,23)24)12-17(18)29(30)31/h2-12H,1H3. The molecule has 2 aromatic heterocycles. The van der Waals surface area contributed by atoms with Crippen molar-refractivity contribution in [2.45, 2.75) is 16.2 Å². The molecule has 33 heavy (non-hydrogen) atoms. The quantitative estimate of drug-likeness (QED) is 0.273. The van der Waals surface area contributed by atoms with Crippen molar-refractivity contribution in [2.24, 2.45) is 0 Å². The van der Waals surface area contributed by atoms with Crippen molar-refractivity contribution in [1.29, 1.82) is 0 Å². The molecule has 0 aliphatic carbocycles. The van der Waals surface area contributed by atoms with Gasteiger partial charge in [-0.25, -0.2) is 0 Å². The van der Waals surface area contributed by atoms with E-state index in [1.54, 1.807) is 53.4 Å². The first-order chi connectivity index (χ1) is 15.8. The van der Waals surface area contributed by atoms with E-state index in [2.05, 4.69) is 15.2 Å². The van der Waals surface area contributed by atoms with Crippen LogP contribution in [0.5, 0.6) is 5.75 Å². The maximum absolute atomic E-state index is 13.1. The summed E-state index contributed by atoms with van der Waals surface area (Å²) in [5.41, 5.74) is -0.469. The van der Waals surface area contributed by atoms with Crippen LogP contribution in [0.25, 0.3) is 17.1 Å². The van der Waals surface area contributed by atoms with E-state index in [4.69, 9.17) is 4.74 Å². The van der Waals surface area contributed by atoms with Crippen LogP contribution in [-0.2, 0) is 6.18 Å². The highest BCUT2D eigenvalue weighted by Crippen LogP contribution is 2.40. The Hall–Kier alpha value is -3.93. The monoisotopic (exact) mass is 473 g/mol. The van der Waals surface area contributed by atoms with Gasteiger partial charge in [-0.2, -0.15) is 13.2 Å². The molecule has 2 heterocycles. The van der Waals surface area contributed by atoms with Crippen molar-refractivity contribution in [3.63, 3.8) is 0 Å². The van der Waals surface area contributed by atoms with Gasteiger partial charge in [0.15, 0.2) is 5.82 Å². The van der Waals surface area contributed by atoms with Crippen LogP contribution in [0, 0.1) is 10.1 Å². The zero-order valence-electron chi connectivity index (χ0n) is 16.9.